The third-order valence-corrected chi connectivity index (χ3v) is 3.31. The van der Waals surface area contributed by atoms with Crippen molar-refractivity contribution in [2.75, 3.05) is 13.2 Å². The van der Waals surface area contributed by atoms with Gasteiger partial charge < -0.3 is 15.0 Å². The molecular formula is C13H23N3O2. The van der Waals surface area contributed by atoms with Crippen LogP contribution in [0.3, 0.4) is 0 Å². The molecule has 1 fully saturated rings. The van der Waals surface area contributed by atoms with Crippen LogP contribution in [0.4, 0.5) is 0 Å². The highest BCUT2D eigenvalue weighted by molar-refractivity contribution is 5.00. The van der Waals surface area contributed by atoms with Crippen molar-refractivity contribution >= 4 is 0 Å². The summed E-state index contributed by atoms with van der Waals surface area (Å²) in [5, 5.41) is 4.03. The molecule has 2 heterocycles. The van der Waals surface area contributed by atoms with Crippen LogP contribution in [0.5, 0.6) is 0 Å². The van der Waals surface area contributed by atoms with Gasteiger partial charge in [-0.3, -0.25) is 0 Å². The molecule has 1 saturated heterocycles. The lowest BCUT2D eigenvalue weighted by atomic mass is 9.90. The van der Waals surface area contributed by atoms with Crippen LogP contribution >= 0.6 is 0 Å². The van der Waals surface area contributed by atoms with Crippen molar-refractivity contribution in [3.05, 3.63) is 11.7 Å². The van der Waals surface area contributed by atoms with Gasteiger partial charge in [-0.2, -0.15) is 4.98 Å². The Kier molecular flexibility index (Phi) is 4.02. The molecular weight excluding hydrogens is 230 g/mol. The molecule has 2 N–H and O–H groups in total. The minimum absolute atomic E-state index is 0.0506. The fraction of sp³-hybridized carbons (Fsp3) is 0.846. The Balaban J connectivity index is 1.97. The molecule has 0 saturated carbocycles. The summed E-state index contributed by atoms with van der Waals surface area (Å²) in [6.45, 7) is 7.93. The second kappa shape index (κ2) is 5.36. The summed E-state index contributed by atoms with van der Waals surface area (Å²) >= 11 is 0. The Hall–Kier alpha value is -0.940. The van der Waals surface area contributed by atoms with Crippen LogP contribution in [0.25, 0.3) is 0 Å². The number of aryl methyl sites for hydroxylation is 1. The molecule has 5 nitrogen and oxygen atoms in total. The standard InChI is InChI=1S/C13H23N3O2/c1-13(2,3)6-4-11-15-12(18-16-11)9-8-17-7-5-10(9)14/h9-10H,4-8,14H2,1-3H3. The highest BCUT2D eigenvalue weighted by Crippen LogP contribution is 2.25. The maximum Gasteiger partial charge on any atom is 0.233 e. The second-order valence-electron chi connectivity index (χ2n) is 6.24. The van der Waals surface area contributed by atoms with Crippen LogP contribution < -0.4 is 5.73 Å². The fourth-order valence-electron chi connectivity index (χ4n) is 2.02. The van der Waals surface area contributed by atoms with E-state index in [1.54, 1.807) is 0 Å². The van der Waals surface area contributed by atoms with Gasteiger partial charge >= 0.3 is 0 Å². The van der Waals surface area contributed by atoms with Crippen LogP contribution in [0, 0.1) is 5.41 Å². The third kappa shape index (κ3) is 3.53. The van der Waals surface area contributed by atoms with E-state index in [4.69, 9.17) is 15.0 Å². The van der Waals surface area contributed by atoms with Gasteiger partial charge in [0, 0.05) is 19.1 Å². The Bertz CT molecular complexity index is 384. The summed E-state index contributed by atoms with van der Waals surface area (Å²) in [6, 6.07) is 0.0645. The topological polar surface area (TPSA) is 74.2 Å². The summed E-state index contributed by atoms with van der Waals surface area (Å²) in [7, 11) is 0. The van der Waals surface area contributed by atoms with Crippen LogP contribution in [0.15, 0.2) is 4.52 Å². The first-order valence-electron chi connectivity index (χ1n) is 6.61. The molecule has 18 heavy (non-hydrogen) atoms. The molecule has 2 atom stereocenters. The van der Waals surface area contributed by atoms with Crippen molar-refractivity contribution in [1.29, 1.82) is 0 Å². The second-order valence-corrected chi connectivity index (χ2v) is 6.24. The summed E-state index contributed by atoms with van der Waals surface area (Å²) in [4.78, 5) is 4.45. The monoisotopic (exact) mass is 253 g/mol. The Morgan fingerprint density at radius 1 is 1.39 bits per heavy atom. The van der Waals surface area contributed by atoms with E-state index in [0.717, 1.165) is 31.7 Å². The minimum Gasteiger partial charge on any atom is -0.381 e. The van der Waals surface area contributed by atoms with Gasteiger partial charge in [0.2, 0.25) is 5.89 Å². The molecule has 2 unspecified atom stereocenters. The number of rotatable bonds is 3. The third-order valence-electron chi connectivity index (χ3n) is 3.31. The quantitative estimate of drug-likeness (QED) is 0.890. The van der Waals surface area contributed by atoms with Crippen molar-refractivity contribution in [1.82, 2.24) is 10.1 Å². The van der Waals surface area contributed by atoms with Gasteiger partial charge in [-0.05, 0) is 18.3 Å². The van der Waals surface area contributed by atoms with E-state index >= 15 is 0 Å². The normalized spacial score (nSPS) is 25.3. The lowest BCUT2D eigenvalue weighted by Crippen LogP contribution is -2.37. The number of nitrogens with two attached hydrogens (primary N) is 1. The van der Waals surface area contributed by atoms with Crippen LogP contribution in [-0.4, -0.2) is 29.4 Å². The van der Waals surface area contributed by atoms with Crippen LogP contribution in [-0.2, 0) is 11.2 Å². The highest BCUT2D eigenvalue weighted by atomic mass is 16.5. The maximum atomic E-state index is 6.06. The van der Waals surface area contributed by atoms with Crippen molar-refractivity contribution in [3.63, 3.8) is 0 Å². The molecule has 1 aliphatic rings. The molecule has 1 aliphatic heterocycles. The van der Waals surface area contributed by atoms with E-state index in [0.29, 0.717) is 12.5 Å². The zero-order chi connectivity index (χ0) is 13.2. The summed E-state index contributed by atoms with van der Waals surface area (Å²) in [5.74, 6) is 1.46. The molecule has 0 aromatic carbocycles. The van der Waals surface area contributed by atoms with Crippen LogP contribution in [0.1, 0.15) is 51.2 Å². The maximum absolute atomic E-state index is 6.06. The van der Waals surface area contributed by atoms with Gasteiger partial charge in [0.25, 0.3) is 0 Å². The predicted molar refractivity (Wildman–Crippen MR) is 68.2 cm³/mol. The lowest BCUT2D eigenvalue weighted by molar-refractivity contribution is 0.0590. The van der Waals surface area contributed by atoms with Gasteiger partial charge in [0.1, 0.15) is 0 Å². The molecule has 0 spiro atoms. The Labute approximate surface area is 108 Å². The molecule has 102 valence electrons. The van der Waals surface area contributed by atoms with Crippen LogP contribution in [0.2, 0.25) is 0 Å². The van der Waals surface area contributed by atoms with Crippen molar-refractivity contribution in [3.8, 4) is 0 Å². The first-order valence-corrected chi connectivity index (χ1v) is 6.61. The van der Waals surface area contributed by atoms with Gasteiger partial charge in [-0.25, -0.2) is 0 Å². The summed E-state index contributed by atoms with van der Waals surface area (Å²) in [5.41, 5.74) is 6.34. The van der Waals surface area contributed by atoms with E-state index in [1.807, 2.05) is 0 Å². The molecule has 0 amide bonds. The van der Waals surface area contributed by atoms with E-state index < -0.39 is 0 Å². The van der Waals surface area contributed by atoms with Gasteiger partial charge in [0.15, 0.2) is 5.82 Å². The number of nitrogens with zero attached hydrogens (tertiary/aromatic N) is 2. The fourth-order valence-corrected chi connectivity index (χ4v) is 2.02. The average Bonchev–Trinajstić information content (AvgIpc) is 2.75. The summed E-state index contributed by atoms with van der Waals surface area (Å²) in [6.07, 6.45) is 2.74. The Morgan fingerprint density at radius 3 is 2.83 bits per heavy atom. The number of ether oxygens (including phenoxy) is 1. The molecule has 2 rings (SSSR count). The molecule has 0 bridgehead atoms. The van der Waals surface area contributed by atoms with E-state index in [2.05, 4.69) is 30.9 Å². The number of hydrogen-bond acceptors (Lipinski definition) is 5. The van der Waals surface area contributed by atoms with Crippen molar-refractivity contribution in [2.45, 2.75) is 52.0 Å². The van der Waals surface area contributed by atoms with Gasteiger partial charge in [-0.15, -0.1) is 0 Å². The van der Waals surface area contributed by atoms with E-state index in [-0.39, 0.29) is 17.4 Å². The highest BCUT2D eigenvalue weighted by Gasteiger charge is 2.29. The zero-order valence-corrected chi connectivity index (χ0v) is 11.5. The summed E-state index contributed by atoms with van der Waals surface area (Å²) < 4.78 is 10.7. The van der Waals surface area contributed by atoms with Crippen molar-refractivity contribution < 1.29 is 9.26 Å². The van der Waals surface area contributed by atoms with Gasteiger partial charge in [-0.1, -0.05) is 25.9 Å². The first-order chi connectivity index (χ1) is 8.46. The number of hydrogen-bond donors (Lipinski definition) is 1. The molecule has 1 aromatic heterocycles. The molecule has 5 heteroatoms. The van der Waals surface area contributed by atoms with E-state index in [1.165, 1.54) is 0 Å². The zero-order valence-electron chi connectivity index (χ0n) is 11.5. The lowest BCUT2D eigenvalue weighted by Gasteiger charge is -2.25. The Morgan fingerprint density at radius 2 is 2.17 bits per heavy atom. The predicted octanol–water partition coefficient (Wildman–Crippen LogP) is 1.88. The van der Waals surface area contributed by atoms with Gasteiger partial charge in [0.05, 0.1) is 12.5 Å². The SMILES string of the molecule is CC(C)(C)CCc1noc(C2COCCC2N)n1. The first kappa shape index (κ1) is 13.5. The smallest absolute Gasteiger partial charge is 0.233 e. The largest absolute Gasteiger partial charge is 0.381 e. The van der Waals surface area contributed by atoms with Crippen molar-refractivity contribution in [2.24, 2.45) is 11.1 Å². The minimum atomic E-state index is 0.0506. The molecule has 0 radical (unpaired) electrons. The molecule has 1 aromatic rings. The molecule has 0 aliphatic carbocycles. The van der Waals surface area contributed by atoms with E-state index in [9.17, 15) is 0 Å². The number of aromatic nitrogens is 2. The average molecular weight is 253 g/mol.